The molecule has 1 amide bonds. The van der Waals surface area contributed by atoms with Gasteiger partial charge in [-0.1, -0.05) is 52.7 Å². The average Bonchev–Trinajstić information content (AvgIpc) is 3.08. The number of rotatable bonds is 8. The summed E-state index contributed by atoms with van der Waals surface area (Å²) in [7, 11) is 0. The van der Waals surface area contributed by atoms with Crippen molar-refractivity contribution in [2.75, 3.05) is 18.5 Å². The van der Waals surface area contributed by atoms with Crippen molar-refractivity contribution >= 4 is 45.4 Å². The first-order valence-corrected chi connectivity index (χ1v) is 11.3. The molecular formula is C23H23BrN2O3S. The summed E-state index contributed by atoms with van der Waals surface area (Å²) in [5.41, 5.74) is 2.81. The molecule has 2 aromatic carbocycles. The van der Waals surface area contributed by atoms with Crippen LogP contribution in [0.25, 0.3) is 6.08 Å². The smallest absolute Gasteiger partial charge is 0.260 e. The number of thioether (sulfide) groups is 1. The van der Waals surface area contributed by atoms with Crippen molar-refractivity contribution in [2.45, 2.75) is 25.8 Å². The largest absolute Gasteiger partial charge is 0.490 e. The van der Waals surface area contributed by atoms with E-state index in [4.69, 9.17) is 15.9 Å². The van der Waals surface area contributed by atoms with Crippen LogP contribution in [0.1, 0.15) is 25.0 Å². The summed E-state index contributed by atoms with van der Waals surface area (Å²) in [6.45, 7) is 4.66. The van der Waals surface area contributed by atoms with Crippen LogP contribution in [0.15, 0.2) is 45.8 Å². The predicted molar refractivity (Wildman–Crippen MR) is 127 cm³/mol. The Balaban J connectivity index is 1.77. The van der Waals surface area contributed by atoms with Crippen molar-refractivity contribution in [3.05, 3.63) is 56.9 Å². The van der Waals surface area contributed by atoms with Gasteiger partial charge in [-0.05, 0) is 54.8 Å². The van der Waals surface area contributed by atoms with Gasteiger partial charge < -0.3 is 20.1 Å². The summed E-state index contributed by atoms with van der Waals surface area (Å²) in [6.07, 6.45) is 8.11. The number of ether oxygens (including phenoxy) is 2. The van der Waals surface area contributed by atoms with E-state index < -0.39 is 0 Å². The third-order valence-corrected chi connectivity index (χ3v) is 6.07. The van der Waals surface area contributed by atoms with Crippen molar-refractivity contribution in [1.29, 1.82) is 0 Å². The number of carbonyl (C=O) groups is 1. The highest BCUT2D eigenvalue weighted by atomic mass is 79.9. The van der Waals surface area contributed by atoms with E-state index in [1.165, 1.54) is 17.3 Å². The van der Waals surface area contributed by atoms with Crippen molar-refractivity contribution in [2.24, 2.45) is 0 Å². The number of carbonyl (C=O) groups excluding carboxylic acids is 1. The number of terminal acetylenes is 1. The summed E-state index contributed by atoms with van der Waals surface area (Å²) in [6, 6.07) is 11.8. The summed E-state index contributed by atoms with van der Waals surface area (Å²) in [5.74, 6) is 3.46. The Morgan fingerprint density at radius 2 is 1.97 bits per heavy atom. The molecule has 3 rings (SSSR count). The maximum absolute atomic E-state index is 12.5. The number of hydrogen-bond donors (Lipinski definition) is 2. The van der Waals surface area contributed by atoms with E-state index in [9.17, 15) is 4.79 Å². The Kier molecular flexibility index (Phi) is 7.72. The lowest BCUT2D eigenvalue weighted by molar-refractivity contribution is -0.116. The van der Waals surface area contributed by atoms with E-state index in [-0.39, 0.29) is 18.0 Å². The number of hydrogen-bond acceptors (Lipinski definition) is 5. The van der Waals surface area contributed by atoms with Crippen LogP contribution in [0.5, 0.6) is 11.5 Å². The molecule has 2 aromatic rings. The van der Waals surface area contributed by atoms with Crippen LogP contribution in [-0.2, 0) is 11.2 Å². The molecule has 0 bridgehead atoms. The first kappa shape index (κ1) is 22.1. The zero-order chi connectivity index (χ0) is 21.5. The topological polar surface area (TPSA) is 59.6 Å². The molecule has 5 nitrogen and oxygen atoms in total. The molecular weight excluding hydrogens is 464 g/mol. The van der Waals surface area contributed by atoms with Crippen LogP contribution in [0.3, 0.4) is 0 Å². The number of anilines is 1. The minimum atomic E-state index is -0.236. The Labute approximate surface area is 189 Å². The highest BCUT2D eigenvalue weighted by molar-refractivity contribution is 9.10. The van der Waals surface area contributed by atoms with Crippen LogP contribution < -0.4 is 20.1 Å². The molecule has 0 aromatic heterocycles. The van der Waals surface area contributed by atoms with Gasteiger partial charge in [-0.3, -0.25) is 4.79 Å². The lowest BCUT2D eigenvalue weighted by Crippen LogP contribution is -2.30. The lowest BCUT2D eigenvalue weighted by Gasteiger charge is -2.13. The van der Waals surface area contributed by atoms with Crippen LogP contribution in [-0.4, -0.2) is 24.6 Å². The second-order valence-electron chi connectivity index (χ2n) is 6.42. The monoisotopic (exact) mass is 486 g/mol. The molecule has 1 aliphatic heterocycles. The zero-order valence-electron chi connectivity index (χ0n) is 16.8. The molecule has 0 aliphatic carbocycles. The highest BCUT2D eigenvalue weighted by Gasteiger charge is 2.27. The van der Waals surface area contributed by atoms with Gasteiger partial charge in [-0.2, -0.15) is 0 Å². The number of aryl methyl sites for hydroxylation is 1. The third-order valence-electron chi connectivity index (χ3n) is 4.35. The molecule has 0 spiro atoms. The van der Waals surface area contributed by atoms with Crippen molar-refractivity contribution in [3.8, 4) is 23.8 Å². The molecule has 1 heterocycles. The van der Waals surface area contributed by atoms with E-state index in [1.54, 1.807) is 6.07 Å². The van der Waals surface area contributed by atoms with E-state index in [1.807, 2.05) is 31.2 Å². The summed E-state index contributed by atoms with van der Waals surface area (Å²) < 4.78 is 12.0. The Hall–Kier alpha value is -2.56. The lowest BCUT2D eigenvalue weighted by atomic mass is 10.1. The molecule has 156 valence electrons. The minimum absolute atomic E-state index is 0.125. The van der Waals surface area contributed by atoms with Gasteiger partial charge >= 0.3 is 0 Å². The molecule has 1 saturated heterocycles. The van der Waals surface area contributed by atoms with E-state index >= 15 is 0 Å². The number of nitrogens with one attached hydrogen (secondary N) is 2. The fraction of sp³-hybridized carbons (Fsp3) is 0.261. The summed E-state index contributed by atoms with van der Waals surface area (Å²) in [4.78, 5) is 13.1. The van der Waals surface area contributed by atoms with Gasteiger partial charge in [-0.15, -0.1) is 6.42 Å². The quantitative estimate of drug-likeness (QED) is 0.405. The van der Waals surface area contributed by atoms with Gasteiger partial charge in [0.15, 0.2) is 17.0 Å². The van der Waals surface area contributed by atoms with Gasteiger partial charge in [0.25, 0.3) is 5.91 Å². The fourth-order valence-electron chi connectivity index (χ4n) is 2.86. The maximum atomic E-state index is 12.5. The Bertz CT molecular complexity index is 983. The van der Waals surface area contributed by atoms with Crippen LogP contribution in [0.4, 0.5) is 5.69 Å². The van der Waals surface area contributed by atoms with E-state index in [0.29, 0.717) is 23.0 Å². The second kappa shape index (κ2) is 10.5. The molecule has 0 saturated carbocycles. The predicted octanol–water partition coefficient (Wildman–Crippen LogP) is 5.02. The molecule has 0 unspecified atom stereocenters. The highest BCUT2D eigenvalue weighted by Crippen LogP contribution is 2.37. The summed E-state index contributed by atoms with van der Waals surface area (Å²) >= 11 is 4.98. The standard InChI is InChI=1S/C23H23BrN2O3S/c1-4-11-29-20-14-18(24)16(12-19(20)28-6-3)13-21-22(27)26-23(30-21)25-17-9-7-15(5-2)8-10-17/h1,7-10,12-14,23,25H,5-6,11H2,2-3H3,(H,26,27)/b21-13-/t23-/m1/s1. The number of benzene rings is 2. The summed E-state index contributed by atoms with van der Waals surface area (Å²) in [5, 5.41) is 6.28. The van der Waals surface area contributed by atoms with Crippen molar-refractivity contribution in [3.63, 3.8) is 0 Å². The van der Waals surface area contributed by atoms with Crippen LogP contribution in [0, 0.1) is 12.3 Å². The molecule has 0 radical (unpaired) electrons. The first-order valence-electron chi connectivity index (χ1n) is 9.61. The molecule has 1 fully saturated rings. The average molecular weight is 487 g/mol. The number of amides is 1. The fourth-order valence-corrected chi connectivity index (χ4v) is 4.27. The van der Waals surface area contributed by atoms with Gasteiger partial charge in [0.2, 0.25) is 0 Å². The van der Waals surface area contributed by atoms with Crippen molar-refractivity contribution in [1.82, 2.24) is 5.32 Å². The molecule has 1 aliphatic rings. The SMILES string of the molecule is C#CCOc1cc(Br)c(/C=C2\S[C@H](Nc3ccc(CC)cc3)NC2=O)cc1OCC. The van der Waals surface area contributed by atoms with Gasteiger partial charge in [0, 0.05) is 10.2 Å². The van der Waals surface area contributed by atoms with Gasteiger partial charge in [0.05, 0.1) is 11.5 Å². The van der Waals surface area contributed by atoms with Crippen LogP contribution in [0.2, 0.25) is 0 Å². The molecule has 1 atom stereocenters. The first-order chi connectivity index (χ1) is 14.5. The van der Waals surface area contributed by atoms with E-state index in [2.05, 4.69) is 51.5 Å². The molecule has 2 N–H and O–H groups in total. The zero-order valence-corrected chi connectivity index (χ0v) is 19.2. The van der Waals surface area contributed by atoms with Gasteiger partial charge in [0.1, 0.15) is 6.61 Å². The van der Waals surface area contributed by atoms with Crippen LogP contribution >= 0.6 is 27.7 Å². The third kappa shape index (κ3) is 5.53. The van der Waals surface area contributed by atoms with E-state index in [0.717, 1.165) is 22.1 Å². The minimum Gasteiger partial charge on any atom is -0.490 e. The van der Waals surface area contributed by atoms with Gasteiger partial charge in [-0.25, -0.2) is 0 Å². The normalized spacial score (nSPS) is 16.8. The molecule has 30 heavy (non-hydrogen) atoms. The second-order valence-corrected chi connectivity index (χ2v) is 8.42. The Morgan fingerprint density at radius 1 is 1.23 bits per heavy atom. The Morgan fingerprint density at radius 3 is 2.63 bits per heavy atom. The maximum Gasteiger partial charge on any atom is 0.260 e. The number of halogens is 1. The molecule has 7 heteroatoms. The van der Waals surface area contributed by atoms with Crippen molar-refractivity contribution < 1.29 is 14.3 Å².